The van der Waals surface area contributed by atoms with Crippen molar-refractivity contribution in [3.8, 4) is 0 Å². The SMILES string of the molecule is CN(Cc1ccco1)C(=O)CCc1ccc(S(=O)(=O)N2CCCCC2)cc1. The Hall–Kier alpha value is -2.12. The summed E-state index contributed by atoms with van der Waals surface area (Å²) in [6, 6.07) is 10.5. The van der Waals surface area contributed by atoms with Crippen molar-refractivity contribution in [3.05, 3.63) is 54.0 Å². The van der Waals surface area contributed by atoms with E-state index in [0.717, 1.165) is 30.6 Å². The van der Waals surface area contributed by atoms with Gasteiger partial charge in [0.1, 0.15) is 5.76 Å². The molecule has 1 aliphatic rings. The maximum Gasteiger partial charge on any atom is 0.243 e. The molecule has 1 saturated heterocycles. The van der Waals surface area contributed by atoms with Crippen molar-refractivity contribution < 1.29 is 17.6 Å². The highest BCUT2D eigenvalue weighted by Crippen LogP contribution is 2.21. The first kappa shape index (κ1) is 19.6. The highest BCUT2D eigenvalue weighted by atomic mass is 32.2. The molecule has 27 heavy (non-hydrogen) atoms. The van der Waals surface area contributed by atoms with Gasteiger partial charge in [0, 0.05) is 26.6 Å². The minimum Gasteiger partial charge on any atom is -0.467 e. The zero-order valence-corrected chi connectivity index (χ0v) is 16.5. The van der Waals surface area contributed by atoms with E-state index in [4.69, 9.17) is 4.42 Å². The smallest absolute Gasteiger partial charge is 0.243 e. The molecule has 0 N–H and O–H groups in total. The van der Waals surface area contributed by atoms with Crippen LogP contribution in [0.3, 0.4) is 0 Å². The first-order valence-electron chi connectivity index (χ1n) is 9.32. The molecule has 2 heterocycles. The van der Waals surface area contributed by atoms with Gasteiger partial charge < -0.3 is 9.32 Å². The van der Waals surface area contributed by atoms with E-state index in [-0.39, 0.29) is 5.91 Å². The summed E-state index contributed by atoms with van der Waals surface area (Å²) in [5.41, 5.74) is 0.951. The summed E-state index contributed by atoms with van der Waals surface area (Å²) >= 11 is 0. The normalized spacial score (nSPS) is 15.6. The summed E-state index contributed by atoms with van der Waals surface area (Å²) in [5, 5.41) is 0. The highest BCUT2D eigenvalue weighted by molar-refractivity contribution is 7.89. The van der Waals surface area contributed by atoms with Gasteiger partial charge in [-0.1, -0.05) is 18.6 Å². The van der Waals surface area contributed by atoms with Crippen LogP contribution in [-0.4, -0.2) is 43.7 Å². The van der Waals surface area contributed by atoms with Crippen molar-refractivity contribution in [3.63, 3.8) is 0 Å². The number of rotatable bonds is 7. The van der Waals surface area contributed by atoms with E-state index in [0.29, 0.717) is 37.4 Å². The quantitative estimate of drug-likeness (QED) is 0.729. The molecule has 1 amide bonds. The van der Waals surface area contributed by atoms with Crippen LogP contribution in [0, 0.1) is 0 Å². The van der Waals surface area contributed by atoms with Gasteiger partial charge in [0.25, 0.3) is 0 Å². The predicted molar refractivity (Wildman–Crippen MR) is 103 cm³/mol. The average molecular weight is 391 g/mol. The summed E-state index contributed by atoms with van der Waals surface area (Å²) in [5.74, 6) is 0.773. The van der Waals surface area contributed by atoms with Gasteiger partial charge in [0.15, 0.2) is 0 Å². The molecule has 0 radical (unpaired) electrons. The lowest BCUT2D eigenvalue weighted by Gasteiger charge is -2.25. The minimum absolute atomic E-state index is 0.0245. The van der Waals surface area contributed by atoms with Gasteiger partial charge in [-0.2, -0.15) is 4.31 Å². The van der Waals surface area contributed by atoms with Crippen molar-refractivity contribution in [1.82, 2.24) is 9.21 Å². The lowest BCUT2D eigenvalue weighted by atomic mass is 10.1. The summed E-state index contributed by atoms with van der Waals surface area (Å²) in [4.78, 5) is 14.2. The van der Waals surface area contributed by atoms with Crippen LogP contribution in [-0.2, 0) is 27.8 Å². The van der Waals surface area contributed by atoms with Crippen molar-refractivity contribution in [2.45, 2.75) is 43.5 Å². The Bertz CT molecular complexity index is 839. The molecule has 0 atom stereocenters. The van der Waals surface area contributed by atoms with Crippen LogP contribution < -0.4 is 0 Å². The maximum atomic E-state index is 12.7. The molecule has 0 saturated carbocycles. The molecule has 1 aliphatic heterocycles. The van der Waals surface area contributed by atoms with Crippen LogP contribution in [0.4, 0.5) is 0 Å². The van der Waals surface area contributed by atoms with E-state index >= 15 is 0 Å². The molecule has 0 unspecified atom stereocenters. The number of aryl methyl sites for hydroxylation is 1. The molecule has 146 valence electrons. The number of hydrogen-bond donors (Lipinski definition) is 0. The monoisotopic (exact) mass is 390 g/mol. The summed E-state index contributed by atoms with van der Waals surface area (Å²) in [6.45, 7) is 1.64. The number of benzene rings is 1. The molecule has 6 nitrogen and oxygen atoms in total. The lowest BCUT2D eigenvalue weighted by molar-refractivity contribution is -0.130. The van der Waals surface area contributed by atoms with Crippen LogP contribution in [0.25, 0.3) is 0 Å². The molecule has 0 bridgehead atoms. The fourth-order valence-corrected chi connectivity index (χ4v) is 4.77. The van der Waals surface area contributed by atoms with Gasteiger partial charge in [0.2, 0.25) is 15.9 Å². The van der Waals surface area contributed by atoms with Gasteiger partial charge in [-0.3, -0.25) is 4.79 Å². The van der Waals surface area contributed by atoms with E-state index in [2.05, 4.69) is 0 Å². The second-order valence-corrected chi connectivity index (χ2v) is 8.88. The topological polar surface area (TPSA) is 70.8 Å². The number of hydrogen-bond acceptors (Lipinski definition) is 4. The molecular weight excluding hydrogens is 364 g/mol. The fourth-order valence-electron chi connectivity index (χ4n) is 3.25. The van der Waals surface area contributed by atoms with Crippen LogP contribution in [0.15, 0.2) is 52.0 Å². The van der Waals surface area contributed by atoms with E-state index in [1.54, 1.807) is 52.8 Å². The fraction of sp³-hybridized carbons (Fsp3) is 0.450. The Morgan fingerprint density at radius 2 is 1.81 bits per heavy atom. The third-order valence-corrected chi connectivity index (χ3v) is 6.82. The van der Waals surface area contributed by atoms with Gasteiger partial charge >= 0.3 is 0 Å². The van der Waals surface area contributed by atoms with E-state index in [1.165, 1.54) is 0 Å². The summed E-state index contributed by atoms with van der Waals surface area (Å²) < 4.78 is 32.1. The van der Waals surface area contributed by atoms with Gasteiger partial charge in [-0.15, -0.1) is 0 Å². The van der Waals surface area contributed by atoms with E-state index in [9.17, 15) is 13.2 Å². The second-order valence-electron chi connectivity index (χ2n) is 6.94. The number of piperidine rings is 1. The zero-order valence-electron chi connectivity index (χ0n) is 15.6. The van der Waals surface area contributed by atoms with Crippen LogP contribution in [0.1, 0.15) is 37.0 Å². The van der Waals surface area contributed by atoms with E-state index in [1.807, 2.05) is 6.07 Å². The Balaban J connectivity index is 1.55. The van der Waals surface area contributed by atoms with Gasteiger partial charge in [0.05, 0.1) is 17.7 Å². The number of carbonyl (C=O) groups is 1. The summed E-state index contributed by atoms with van der Waals surface area (Å²) in [7, 11) is -1.66. The molecule has 1 aromatic heterocycles. The van der Waals surface area contributed by atoms with Crippen LogP contribution >= 0.6 is 0 Å². The van der Waals surface area contributed by atoms with Crippen LogP contribution in [0.5, 0.6) is 0 Å². The van der Waals surface area contributed by atoms with Crippen molar-refractivity contribution in [1.29, 1.82) is 0 Å². The van der Waals surface area contributed by atoms with Crippen molar-refractivity contribution in [2.24, 2.45) is 0 Å². The number of nitrogens with zero attached hydrogens (tertiary/aromatic N) is 2. The third kappa shape index (κ3) is 4.99. The number of furan rings is 1. The van der Waals surface area contributed by atoms with Crippen molar-refractivity contribution >= 4 is 15.9 Å². The number of sulfonamides is 1. The molecule has 3 rings (SSSR count). The molecular formula is C20H26N2O4S. The standard InChI is InChI=1S/C20H26N2O4S/c1-21(16-18-6-5-15-26-18)20(23)12-9-17-7-10-19(11-8-17)27(24,25)22-13-3-2-4-14-22/h5-8,10-11,15H,2-4,9,12-14,16H2,1H3. The first-order chi connectivity index (χ1) is 13.0. The van der Waals surface area contributed by atoms with Gasteiger partial charge in [-0.25, -0.2) is 8.42 Å². The minimum atomic E-state index is -3.40. The first-order valence-corrected chi connectivity index (χ1v) is 10.8. The Morgan fingerprint density at radius 1 is 1.11 bits per heavy atom. The zero-order chi connectivity index (χ0) is 19.3. The molecule has 7 heteroatoms. The molecule has 1 fully saturated rings. The second kappa shape index (κ2) is 8.71. The average Bonchev–Trinajstić information content (AvgIpc) is 3.20. The lowest BCUT2D eigenvalue weighted by Crippen LogP contribution is -2.35. The molecule has 1 aromatic carbocycles. The highest BCUT2D eigenvalue weighted by Gasteiger charge is 2.25. The Morgan fingerprint density at radius 3 is 2.44 bits per heavy atom. The molecule has 0 spiro atoms. The van der Waals surface area contributed by atoms with Crippen molar-refractivity contribution in [2.75, 3.05) is 20.1 Å². The Labute approximate surface area is 160 Å². The third-order valence-electron chi connectivity index (χ3n) is 4.90. The summed E-state index contributed by atoms with van der Waals surface area (Å²) in [6.07, 6.45) is 5.47. The number of amides is 1. The van der Waals surface area contributed by atoms with Gasteiger partial charge in [-0.05, 0) is 49.1 Å². The van der Waals surface area contributed by atoms with Crippen LogP contribution in [0.2, 0.25) is 0 Å². The predicted octanol–water partition coefficient (Wildman–Crippen LogP) is 3.05. The number of carbonyl (C=O) groups excluding carboxylic acids is 1. The maximum absolute atomic E-state index is 12.7. The molecule has 2 aromatic rings. The molecule has 0 aliphatic carbocycles. The Kier molecular flexibility index (Phi) is 6.34. The van der Waals surface area contributed by atoms with E-state index < -0.39 is 10.0 Å². The largest absolute Gasteiger partial charge is 0.467 e.